The first-order valence-corrected chi connectivity index (χ1v) is 5.08. The second-order valence-electron chi connectivity index (χ2n) is 3.07. The minimum atomic E-state index is -0.265. The highest BCUT2D eigenvalue weighted by atomic mass is 32.1. The van der Waals surface area contributed by atoms with Crippen LogP contribution in [0.3, 0.4) is 0 Å². The van der Waals surface area contributed by atoms with Crippen molar-refractivity contribution in [1.82, 2.24) is 0 Å². The number of aliphatic hydroxyl groups excluding tert-OH is 1. The summed E-state index contributed by atoms with van der Waals surface area (Å²) in [4.78, 5) is 0. The monoisotopic (exact) mass is 185 g/mol. The van der Waals surface area contributed by atoms with Gasteiger partial charge in [-0.2, -0.15) is 11.3 Å². The number of hydrogen-bond acceptors (Lipinski definition) is 3. The van der Waals surface area contributed by atoms with Crippen LogP contribution in [0, 0.1) is 0 Å². The summed E-state index contributed by atoms with van der Waals surface area (Å²) in [5, 5.41) is 13.3. The molecule has 0 spiro atoms. The molecule has 2 unspecified atom stereocenters. The van der Waals surface area contributed by atoms with E-state index in [1.54, 1.807) is 18.3 Å². The molecule has 0 aliphatic heterocycles. The molecule has 0 bridgehead atoms. The van der Waals surface area contributed by atoms with Crippen molar-refractivity contribution >= 4 is 11.3 Å². The van der Waals surface area contributed by atoms with Crippen LogP contribution in [0.4, 0.5) is 0 Å². The molecule has 1 heterocycles. The van der Waals surface area contributed by atoms with Crippen molar-refractivity contribution in [3.05, 3.63) is 22.4 Å². The van der Waals surface area contributed by atoms with Crippen molar-refractivity contribution in [2.75, 3.05) is 6.54 Å². The molecule has 3 N–H and O–H groups in total. The Bertz CT molecular complexity index is 208. The summed E-state index contributed by atoms with van der Waals surface area (Å²) in [5.74, 6) is 0.316. The van der Waals surface area contributed by atoms with E-state index in [1.165, 1.54) is 5.56 Å². The Kier molecular flexibility index (Phi) is 3.72. The Morgan fingerprint density at radius 3 is 2.83 bits per heavy atom. The van der Waals surface area contributed by atoms with Crippen molar-refractivity contribution in [3.8, 4) is 0 Å². The first-order chi connectivity index (χ1) is 5.74. The first-order valence-electron chi connectivity index (χ1n) is 4.14. The summed E-state index contributed by atoms with van der Waals surface area (Å²) < 4.78 is 0. The van der Waals surface area contributed by atoms with Crippen molar-refractivity contribution in [3.63, 3.8) is 0 Å². The lowest BCUT2D eigenvalue weighted by atomic mass is 9.96. The summed E-state index contributed by atoms with van der Waals surface area (Å²) in [6.07, 6.45) is 0.492. The Morgan fingerprint density at radius 2 is 2.42 bits per heavy atom. The van der Waals surface area contributed by atoms with Crippen molar-refractivity contribution in [2.45, 2.75) is 25.4 Å². The molecule has 68 valence electrons. The van der Waals surface area contributed by atoms with Crippen LogP contribution in [0.1, 0.15) is 24.8 Å². The largest absolute Gasteiger partial charge is 0.393 e. The van der Waals surface area contributed by atoms with E-state index in [1.807, 2.05) is 5.38 Å². The molecule has 0 amide bonds. The molecule has 0 aliphatic rings. The van der Waals surface area contributed by atoms with E-state index in [0.717, 1.165) is 6.42 Å². The molecule has 0 aromatic carbocycles. The Balaban J connectivity index is 2.57. The van der Waals surface area contributed by atoms with Crippen LogP contribution in [0.15, 0.2) is 16.8 Å². The van der Waals surface area contributed by atoms with Gasteiger partial charge in [-0.3, -0.25) is 0 Å². The number of aliphatic hydroxyl groups is 1. The van der Waals surface area contributed by atoms with Gasteiger partial charge < -0.3 is 10.8 Å². The number of thiophene rings is 1. The van der Waals surface area contributed by atoms with E-state index >= 15 is 0 Å². The predicted molar refractivity (Wildman–Crippen MR) is 52.4 cm³/mol. The van der Waals surface area contributed by atoms with Crippen LogP contribution in [0.5, 0.6) is 0 Å². The van der Waals surface area contributed by atoms with Gasteiger partial charge in [0.2, 0.25) is 0 Å². The van der Waals surface area contributed by atoms with Crippen LogP contribution in [0.2, 0.25) is 0 Å². The molecule has 0 saturated carbocycles. The Hall–Kier alpha value is -0.380. The summed E-state index contributed by atoms with van der Waals surface area (Å²) in [7, 11) is 0. The van der Waals surface area contributed by atoms with E-state index in [2.05, 4.69) is 11.4 Å². The number of hydrogen-bond donors (Lipinski definition) is 2. The molecule has 1 aromatic rings. The van der Waals surface area contributed by atoms with Gasteiger partial charge in [0.15, 0.2) is 0 Å². The zero-order valence-corrected chi connectivity index (χ0v) is 8.05. The van der Waals surface area contributed by atoms with Gasteiger partial charge in [-0.05, 0) is 48.2 Å². The quantitative estimate of drug-likeness (QED) is 0.747. The zero-order chi connectivity index (χ0) is 8.97. The highest BCUT2D eigenvalue weighted by Crippen LogP contribution is 2.22. The third-order valence-electron chi connectivity index (χ3n) is 1.92. The van der Waals surface area contributed by atoms with Crippen molar-refractivity contribution in [2.24, 2.45) is 5.73 Å². The van der Waals surface area contributed by atoms with Crippen molar-refractivity contribution < 1.29 is 5.11 Å². The fourth-order valence-corrected chi connectivity index (χ4v) is 2.03. The lowest BCUT2D eigenvalue weighted by Gasteiger charge is -2.14. The molecule has 0 aliphatic carbocycles. The molecule has 2 atom stereocenters. The first kappa shape index (κ1) is 9.71. The molecule has 0 radical (unpaired) electrons. The lowest BCUT2D eigenvalue weighted by Crippen LogP contribution is -2.16. The zero-order valence-electron chi connectivity index (χ0n) is 7.23. The molecule has 1 aromatic heterocycles. The van der Waals surface area contributed by atoms with Gasteiger partial charge in [0.25, 0.3) is 0 Å². The Morgan fingerprint density at radius 1 is 1.67 bits per heavy atom. The van der Waals surface area contributed by atoms with E-state index in [9.17, 15) is 5.11 Å². The van der Waals surface area contributed by atoms with Crippen LogP contribution < -0.4 is 5.73 Å². The van der Waals surface area contributed by atoms with E-state index in [0.29, 0.717) is 12.5 Å². The fourth-order valence-electron chi connectivity index (χ4n) is 1.29. The molecule has 1 rings (SSSR count). The maximum Gasteiger partial charge on any atom is 0.0518 e. The third-order valence-corrected chi connectivity index (χ3v) is 2.63. The topological polar surface area (TPSA) is 46.2 Å². The average molecular weight is 185 g/mol. The van der Waals surface area contributed by atoms with E-state index in [4.69, 9.17) is 5.73 Å². The standard InChI is InChI=1S/C9H15NOS/c1-7(11)4-9(5-10)8-2-3-12-6-8/h2-3,6-7,9,11H,4-5,10H2,1H3. The second kappa shape index (κ2) is 4.60. The number of nitrogens with two attached hydrogens (primary N) is 1. The van der Waals surface area contributed by atoms with Crippen LogP contribution in [-0.4, -0.2) is 17.8 Å². The average Bonchev–Trinajstić information content (AvgIpc) is 2.51. The van der Waals surface area contributed by atoms with E-state index < -0.39 is 0 Å². The minimum absolute atomic E-state index is 0.265. The van der Waals surface area contributed by atoms with E-state index in [-0.39, 0.29) is 6.10 Å². The highest BCUT2D eigenvalue weighted by Gasteiger charge is 2.12. The molecule has 0 saturated heterocycles. The summed E-state index contributed by atoms with van der Waals surface area (Å²) in [6.45, 7) is 2.41. The van der Waals surface area contributed by atoms with Crippen molar-refractivity contribution in [1.29, 1.82) is 0 Å². The molecular formula is C9H15NOS. The van der Waals surface area contributed by atoms with Crippen LogP contribution in [-0.2, 0) is 0 Å². The van der Waals surface area contributed by atoms with Gasteiger partial charge in [0.1, 0.15) is 0 Å². The second-order valence-corrected chi connectivity index (χ2v) is 3.85. The van der Waals surface area contributed by atoms with Gasteiger partial charge >= 0.3 is 0 Å². The maximum atomic E-state index is 9.20. The minimum Gasteiger partial charge on any atom is -0.393 e. The summed E-state index contributed by atoms with van der Waals surface area (Å²) >= 11 is 1.67. The van der Waals surface area contributed by atoms with Crippen LogP contribution in [0.25, 0.3) is 0 Å². The van der Waals surface area contributed by atoms with Gasteiger partial charge in [-0.15, -0.1) is 0 Å². The molecule has 2 nitrogen and oxygen atoms in total. The molecule has 12 heavy (non-hydrogen) atoms. The van der Waals surface area contributed by atoms with Gasteiger partial charge in [-0.25, -0.2) is 0 Å². The molecule has 3 heteroatoms. The molecular weight excluding hydrogens is 170 g/mol. The third kappa shape index (κ3) is 2.59. The smallest absolute Gasteiger partial charge is 0.0518 e. The lowest BCUT2D eigenvalue weighted by molar-refractivity contribution is 0.175. The SMILES string of the molecule is CC(O)CC(CN)c1ccsc1. The normalized spacial score (nSPS) is 15.9. The number of rotatable bonds is 4. The highest BCUT2D eigenvalue weighted by molar-refractivity contribution is 7.07. The van der Waals surface area contributed by atoms with Gasteiger partial charge in [0.05, 0.1) is 6.10 Å². The predicted octanol–water partition coefficient (Wildman–Crippen LogP) is 1.56. The van der Waals surface area contributed by atoms with Gasteiger partial charge in [-0.1, -0.05) is 0 Å². The maximum absolute atomic E-state index is 9.20. The summed E-state index contributed by atoms with van der Waals surface area (Å²) in [5.41, 5.74) is 6.86. The fraction of sp³-hybridized carbons (Fsp3) is 0.556. The van der Waals surface area contributed by atoms with Gasteiger partial charge in [0, 0.05) is 0 Å². The summed E-state index contributed by atoms with van der Waals surface area (Å²) in [6, 6.07) is 2.07. The molecule has 0 fully saturated rings. The van der Waals surface area contributed by atoms with Crippen LogP contribution >= 0.6 is 11.3 Å². The Labute approximate surface area is 77.0 Å².